The maximum atomic E-state index is 12.5. The molecule has 4 nitrogen and oxygen atoms in total. The largest absolute Gasteiger partial charge is 0.361 e. The molecule has 0 fully saturated rings. The van der Waals surface area contributed by atoms with Gasteiger partial charge in [-0.1, -0.05) is 18.2 Å². The molecule has 1 heterocycles. The fraction of sp³-hybridized carbons (Fsp3) is 0.471. The quantitative estimate of drug-likeness (QED) is 0.850. The van der Waals surface area contributed by atoms with Crippen LogP contribution in [0.5, 0.6) is 0 Å². The summed E-state index contributed by atoms with van der Waals surface area (Å²) in [4.78, 5) is 19.8. The zero-order valence-corrected chi connectivity index (χ0v) is 13.2. The molecule has 1 aromatic heterocycles. The second-order valence-electron chi connectivity index (χ2n) is 5.67. The summed E-state index contributed by atoms with van der Waals surface area (Å²) in [7, 11) is 4.12. The minimum Gasteiger partial charge on any atom is -0.361 e. The smallest absolute Gasteiger partial charge is 0.227 e. The number of aromatic nitrogens is 1. The zero-order valence-electron chi connectivity index (χ0n) is 13.2. The van der Waals surface area contributed by atoms with Crippen molar-refractivity contribution in [1.82, 2.24) is 14.8 Å². The average Bonchev–Trinajstić information content (AvgIpc) is 2.86. The van der Waals surface area contributed by atoms with Crippen molar-refractivity contribution in [3.05, 3.63) is 36.0 Å². The number of carbonyl (C=O) groups excluding carboxylic acids is 1. The number of aromatic amines is 1. The van der Waals surface area contributed by atoms with Crippen molar-refractivity contribution in [3.63, 3.8) is 0 Å². The molecule has 0 saturated carbocycles. The minimum absolute atomic E-state index is 0.209. The van der Waals surface area contributed by atoms with Gasteiger partial charge >= 0.3 is 0 Å². The normalized spacial score (nSPS) is 11.2. The molecule has 21 heavy (non-hydrogen) atoms. The number of hydrogen-bond acceptors (Lipinski definition) is 2. The summed E-state index contributed by atoms with van der Waals surface area (Å²) in [6.07, 6.45) is 3.44. The first kappa shape index (κ1) is 15.6. The Morgan fingerprint density at radius 2 is 1.95 bits per heavy atom. The van der Waals surface area contributed by atoms with Crippen molar-refractivity contribution in [2.45, 2.75) is 19.8 Å². The van der Waals surface area contributed by atoms with E-state index in [-0.39, 0.29) is 5.91 Å². The molecule has 0 atom stereocenters. The van der Waals surface area contributed by atoms with Gasteiger partial charge in [0.05, 0.1) is 6.42 Å². The lowest BCUT2D eigenvalue weighted by Gasteiger charge is -2.21. The van der Waals surface area contributed by atoms with Gasteiger partial charge in [0.1, 0.15) is 0 Å². The van der Waals surface area contributed by atoms with Crippen LogP contribution in [0.3, 0.4) is 0 Å². The number of fused-ring (bicyclic) bond motifs is 1. The summed E-state index contributed by atoms with van der Waals surface area (Å²) < 4.78 is 0. The number of H-pyrrole nitrogens is 1. The highest BCUT2D eigenvalue weighted by Crippen LogP contribution is 2.18. The van der Waals surface area contributed by atoms with Crippen molar-refractivity contribution in [2.75, 3.05) is 33.7 Å². The number of rotatable bonds is 7. The van der Waals surface area contributed by atoms with E-state index < -0.39 is 0 Å². The van der Waals surface area contributed by atoms with Crippen LogP contribution in [0.2, 0.25) is 0 Å². The molecule has 0 radical (unpaired) electrons. The second-order valence-corrected chi connectivity index (χ2v) is 5.67. The molecule has 0 aliphatic rings. The van der Waals surface area contributed by atoms with E-state index in [9.17, 15) is 4.79 Å². The number of hydrogen-bond donors (Lipinski definition) is 1. The topological polar surface area (TPSA) is 39.3 Å². The Balaban J connectivity index is 1.98. The Morgan fingerprint density at radius 3 is 2.67 bits per heavy atom. The first-order chi connectivity index (χ1) is 10.1. The van der Waals surface area contributed by atoms with Crippen molar-refractivity contribution in [2.24, 2.45) is 0 Å². The van der Waals surface area contributed by atoms with Crippen LogP contribution < -0.4 is 0 Å². The van der Waals surface area contributed by atoms with E-state index in [1.54, 1.807) is 0 Å². The van der Waals surface area contributed by atoms with Gasteiger partial charge in [-0.15, -0.1) is 0 Å². The molecule has 0 unspecified atom stereocenters. The van der Waals surface area contributed by atoms with E-state index in [1.807, 2.05) is 36.2 Å². The number of nitrogens with one attached hydrogen (secondary N) is 1. The van der Waals surface area contributed by atoms with E-state index >= 15 is 0 Å². The third kappa shape index (κ3) is 4.08. The molecule has 0 saturated heterocycles. The van der Waals surface area contributed by atoms with Crippen LogP contribution >= 0.6 is 0 Å². The lowest BCUT2D eigenvalue weighted by atomic mass is 10.1. The molecule has 114 valence electrons. The number of amides is 1. The van der Waals surface area contributed by atoms with E-state index in [0.717, 1.165) is 42.5 Å². The molecule has 2 aromatic rings. The Labute approximate surface area is 126 Å². The summed E-state index contributed by atoms with van der Waals surface area (Å²) in [6, 6.07) is 8.12. The zero-order chi connectivity index (χ0) is 15.2. The van der Waals surface area contributed by atoms with Crippen molar-refractivity contribution < 1.29 is 4.79 Å². The summed E-state index contributed by atoms with van der Waals surface area (Å²) in [5, 5.41) is 1.15. The van der Waals surface area contributed by atoms with Gasteiger partial charge in [-0.25, -0.2) is 0 Å². The molecule has 4 heteroatoms. The van der Waals surface area contributed by atoms with Gasteiger partial charge < -0.3 is 14.8 Å². The van der Waals surface area contributed by atoms with E-state index in [1.165, 1.54) is 0 Å². The molecule has 1 N–H and O–H groups in total. The lowest BCUT2D eigenvalue weighted by molar-refractivity contribution is -0.130. The Kier molecular flexibility index (Phi) is 5.39. The number of para-hydroxylation sites is 1. The van der Waals surface area contributed by atoms with Crippen LogP contribution in [0.4, 0.5) is 0 Å². The van der Waals surface area contributed by atoms with Crippen molar-refractivity contribution >= 4 is 16.8 Å². The maximum absolute atomic E-state index is 12.5. The number of carbonyl (C=O) groups is 1. The fourth-order valence-corrected chi connectivity index (χ4v) is 2.59. The molecular formula is C17H25N3O. The van der Waals surface area contributed by atoms with Crippen LogP contribution in [0.25, 0.3) is 10.9 Å². The summed E-state index contributed by atoms with van der Waals surface area (Å²) >= 11 is 0. The van der Waals surface area contributed by atoms with Gasteiger partial charge in [-0.3, -0.25) is 4.79 Å². The first-order valence-corrected chi connectivity index (χ1v) is 7.59. The average molecular weight is 287 g/mol. The molecule has 0 bridgehead atoms. The number of likely N-dealkylation sites (N-methyl/N-ethyl adjacent to an activating group) is 1. The monoisotopic (exact) mass is 287 g/mol. The van der Waals surface area contributed by atoms with E-state index in [4.69, 9.17) is 0 Å². The van der Waals surface area contributed by atoms with Gasteiger partial charge in [-0.2, -0.15) is 0 Å². The Bertz CT molecular complexity index is 588. The highest BCUT2D eigenvalue weighted by molar-refractivity contribution is 5.88. The van der Waals surface area contributed by atoms with Crippen LogP contribution in [0.1, 0.15) is 18.9 Å². The van der Waals surface area contributed by atoms with Gasteiger partial charge in [0.15, 0.2) is 0 Å². The summed E-state index contributed by atoms with van der Waals surface area (Å²) in [5.74, 6) is 0.209. The van der Waals surface area contributed by atoms with Crippen molar-refractivity contribution in [3.8, 4) is 0 Å². The summed E-state index contributed by atoms with van der Waals surface area (Å²) in [5.41, 5.74) is 2.18. The molecular weight excluding hydrogens is 262 g/mol. The Morgan fingerprint density at radius 1 is 1.19 bits per heavy atom. The van der Waals surface area contributed by atoms with Gasteiger partial charge in [0.25, 0.3) is 0 Å². The first-order valence-electron chi connectivity index (χ1n) is 7.59. The maximum Gasteiger partial charge on any atom is 0.227 e. The number of benzene rings is 1. The molecule has 0 aliphatic carbocycles. The lowest BCUT2D eigenvalue weighted by Crippen LogP contribution is -2.34. The fourth-order valence-electron chi connectivity index (χ4n) is 2.59. The Hall–Kier alpha value is -1.81. The highest BCUT2D eigenvalue weighted by atomic mass is 16.2. The van der Waals surface area contributed by atoms with Crippen LogP contribution in [0, 0.1) is 0 Å². The molecule has 2 rings (SSSR count). The van der Waals surface area contributed by atoms with Gasteiger partial charge in [-0.05, 0) is 45.6 Å². The molecule has 0 spiro atoms. The molecule has 1 amide bonds. The molecule has 0 aliphatic heterocycles. The van der Waals surface area contributed by atoms with Crippen molar-refractivity contribution in [1.29, 1.82) is 0 Å². The third-order valence-electron chi connectivity index (χ3n) is 3.78. The van der Waals surface area contributed by atoms with Gasteiger partial charge in [0.2, 0.25) is 5.91 Å². The second kappa shape index (κ2) is 7.27. The van der Waals surface area contributed by atoms with Crippen LogP contribution in [-0.4, -0.2) is 54.4 Å². The third-order valence-corrected chi connectivity index (χ3v) is 3.78. The SMILES string of the molecule is CCN(CCCN(C)C)C(=O)Cc1c[nH]c2ccccc12. The standard InChI is InChI=1S/C17H25N3O/c1-4-20(11-7-10-19(2)3)17(21)12-14-13-18-16-9-6-5-8-15(14)16/h5-6,8-9,13,18H,4,7,10-12H2,1-3H3. The number of nitrogens with zero attached hydrogens (tertiary/aromatic N) is 2. The van der Waals surface area contributed by atoms with Crippen LogP contribution in [-0.2, 0) is 11.2 Å². The molecule has 1 aromatic carbocycles. The highest BCUT2D eigenvalue weighted by Gasteiger charge is 2.14. The predicted octanol–water partition coefficient (Wildman–Crippen LogP) is 2.51. The van der Waals surface area contributed by atoms with E-state index in [0.29, 0.717) is 6.42 Å². The predicted molar refractivity (Wildman–Crippen MR) is 87.4 cm³/mol. The van der Waals surface area contributed by atoms with Gasteiger partial charge in [0, 0.05) is 30.2 Å². The van der Waals surface area contributed by atoms with Crippen LogP contribution in [0.15, 0.2) is 30.5 Å². The minimum atomic E-state index is 0.209. The van der Waals surface area contributed by atoms with E-state index in [2.05, 4.69) is 30.0 Å². The summed E-state index contributed by atoms with van der Waals surface area (Å²) in [6.45, 7) is 4.66.